The number of anilines is 1. The molecule has 0 unspecified atom stereocenters. The monoisotopic (exact) mass is 488 g/mol. The highest BCUT2D eigenvalue weighted by atomic mass is 35.5. The van der Waals surface area contributed by atoms with E-state index in [4.69, 9.17) is 16.6 Å². The van der Waals surface area contributed by atoms with Crippen LogP contribution in [0.1, 0.15) is 35.4 Å². The number of piperidine rings is 1. The number of quaternary nitrogens is 1. The van der Waals surface area contributed by atoms with Gasteiger partial charge in [-0.05, 0) is 56.2 Å². The average Bonchev–Trinajstić information content (AvgIpc) is 3.11. The van der Waals surface area contributed by atoms with E-state index in [0.717, 1.165) is 37.9 Å². The van der Waals surface area contributed by atoms with Crippen LogP contribution >= 0.6 is 11.6 Å². The van der Waals surface area contributed by atoms with E-state index in [9.17, 15) is 13.2 Å². The molecule has 1 aromatic heterocycles. The number of primary amides is 1. The number of nitrogens with two attached hydrogens (primary N) is 1. The number of carbonyl (C=O) groups is 1. The molecular formula is C23H27ClN5O3S+. The summed E-state index contributed by atoms with van der Waals surface area (Å²) in [4.78, 5) is 17.9. The van der Waals surface area contributed by atoms with Crippen LogP contribution in [-0.2, 0) is 10.0 Å². The second kappa shape index (κ2) is 9.64. The van der Waals surface area contributed by atoms with Crippen LogP contribution in [0.25, 0.3) is 17.1 Å². The maximum absolute atomic E-state index is 13.2. The SMILES string of the molecule is Cc1c(C(=O)[NH2+]N2CCCCC2)nc(-c2ccccc2Cl)n1-c1ccc(NS(C)(=O)=O)cc1. The van der Waals surface area contributed by atoms with Gasteiger partial charge >= 0.3 is 5.91 Å². The maximum Gasteiger partial charge on any atom is 0.382 e. The first-order valence-corrected chi connectivity index (χ1v) is 13.1. The molecule has 1 fully saturated rings. The Morgan fingerprint density at radius 2 is 1.73 bits per heavy atom. The molecule has 4 rings (SSSR count). The van der Waals surface area contributed by atoms with Gasteiger partial charge in [-0.25, -0.2) is 18.2 Å². The number of halogens is 1. The van der Waals surface area contributed by atoms with Crippen LogP contribution < -0.4 is 10.1 Å². The van der Waals surface area contributed by atoms with Crippen molar-refractivity contribution in [2.45, 2.75) is 26.2 Å². The van der Waals surface area contributed by atoms with Crippen molar-refractivity contribution in [2.24, 2.45) is 0 Å². The van der Waals surface area contributed by atoms with Crippen LogP contribution in [0.4, 0.5) is 5.69 Å². The third-order valence-corrected chi connectivity index (χ3v) is 6.51. The number of rotatable bonds is 6. The predicted octanol–water partition coefficient (Wildman–Crippen LogP) is 2.98. The zero-order chi connectivity index (χ0) is 23.6. The normalized spacial score (nSPS) is 14.9. The maximum atomic E-state index is 13.2. The molecule has 1 aliphatic heterocycles. The summed E-state index contributed by atoms with van der Waals surface area (Å²) in [5, 5.41) is 2.59. The van der Waals surface area contributed by atoms with Gasteiger partial charge in [-0.1, -0.05) is 30.2 Å². The molecule has 2 aromatic carbocycles. The third kappa shape index (κ3) is 5.44. The molecule has 8 nitrogen and oxygen atoms in total. The van der Waals surface area contributed by atoms with E-state index in [2.05, 4.69) is 9.73 Å². The quantitative estimate of drug-likeness (QED) is 0.519. The van der Waals surface area contributed by atoms with Gasteiger partial charge in [-0.3, -0.25) is 9.29 Å². The summed E-state index contributed by atoms with van der Waals surface area (Å²) in [5.41, 5.74) is 4.62. The molecular weight excluding hydrogens is 462 g/mol. The van der Waals surface area contributed by atoms with Gasteiger partial charge in [0, 0.05) is 30.0 Å². The molecule has 3 N–H and O–H groups in total. The molecule has 0 aliphatic carbocycles. The first-order chi connectivity index (χ1) is 15.7. The minimum atomic E-state index is -3.38. The Kier molecular flexibility index (Phi) is 6.85. The topological polar surface area (TPSA) is 101 Å². The molecule has 2 heterocycles. The van der Waals surface area contributed by atoms with E-state index >= 15 is 0 Å². The number of nitrogens with one attached hydrogen (secondary N) is 1. The minimum Gasteiger partial charge on any atom is -0.296 e. The molecule has 1 amide bonds. The van der Waals surface area contributed by atoms with Crippen LogP contribution in [0.15, 0.2) is 48.5 Å². The van der Waals surface area contributed by atoms with Crippen LogP contribution in [0.5, 0.6) is 0 Å². The van der Waals surface area contributed by atoms with E-state index in [-0.39, 0.29) is 5.91 Å². The Labute approximate surface area is 198 Å². The van der Waals surface area contributed by atoms with Crippen molar-refractivity contribution in [1.29, 1.82) is 0 Å². The third-order valence-electron chi connectivity index (χ3n) is 5.58. The molecule has 0 spiro atoms. The van der Waals surface area contributed by atoms with E-state index in [1.165, 1.54) is 6.42 Å². The van der Waals surface area contributed by atoms with Crippen LogP contribution in [0, 0.1) is 6.92 Å². The second-order valence-electron chi connectivity index (χ2n) is 8.20. The lowest BCUT2D eigenvalue weighted by Crippen LogP contribution is -2.97. The van der Waals surface area contributed by atoms with Gasteiger partial charge in [0.15, 0.2) is 5.69 Å². The fourth-order valence-corrected chi connectivity index (χ4v) is 4.83. The Bertz CT molecular complexity index is 1270. The fraction of sp³-hybridized carbons (Fsp3) is 0.304. The highest BCUT2D eigenvalue weighted by molar-refractivity contribution is 7.92. The van der Waals surface area contributed by atoms with Gasteiger partial charge in [0.05, 0.1) is 17.0 Å². The number of aromatic nitrogens is 2. The fourth-order valence-electron chi connectivity index (χ4n) is 4.04. The predicted molar refractivity (Wildman–Crippen MR) is 129 cm³/mol. The van der Waals surface area contributed by atoms with Gasteiger partial charge in [-0.15, -0.1) is 0 Å². The van der Waals surface area contributed by atoms with Gasteiger partial charge in [0.2, 0.25) is 10.0 Å². The highest BCUT2D eigenvalue weighted by Gasteiger charge is 2.27. The van der Waals surface area contributed by atoms with Gasteiger partial charge in [0.1, 0.15) is 5.82 Å². The van der Waals surface area contributed by atoms with Gasteiger partial charge in [-0.2, -0.15) is 10.4 Å². The average molecular weight is 489 g/mol. The number of nitrogens with zero attached hydrogens (tertiary/aromatic N) is 3. The van der Waals surface area contributed by atoms with Crippen LogP contribution in [0.2, 0.25) is 5.02 Å². The summed E-state index contributed by atoms with van der Waals surface area (Å²) in [7, 11) is -3.38. The number of benzene rings is 2. The smallest absolute Gasteiger partial charge is 0.296 e. The van der Waals surface area contributed by atoms with Gasteiger partial charge in [0.25, 0.3) is 0 Å². The second-order valence-corrected chi connectivity index (χ2v) is 10.4. The van der Waals surface area contributed by atoms with Crippen molar-refractivity contribution < 1.29 is 18.6 Å². The molecule has 0 atom stereocenters. The first-order valence-electron chi connectivity index (χ1n) is 10.8. The Morgan fingerprint density at radius 1 is 1.06 bits per heavy atom. The zero-order valence-corrected chi connectivity index (χ0v) is 20.2. The molecule has 3 aromatic rings. The van der Waals surface area contributed by atoms with E-state index < -0.39 is 10.0 Å². The molecule has 10 heteroatoms. The summed E-state index contributed by atoms with van der Waals surface area (Å²) in [5.74, 6) is 0.411. The van der Waals surface area contributed by atoms with Crippen molar-refractivity contribution in [2.75, 3.05) is 24.1 Å². The van der Waals surface area contributed by atoms with Crippen molar-refractivity contribution >= 4 is 33.2 Å². The molecule has 1 aliphatic rings. The lowest BCUT2D eigenvalue weighted by molar-refractivity contribution is -0.723. The number of amides is 1. The summed E-state index contributed by atoms with van der Waals surface area (Å²) < 4.78 is 27.4. The minimum absolute atomic E-state index is 0.142. The summed E-state index contributed by atoms with van der Waals surface area (Å²) >= 11 is 6.48. The number of hydrogen-bond acceptors (Lipinski definition) is 5. The van der Waals surface area contributed by atoms with E-state index in [1.807, 2.05) is 29.7 Å². The van der Waals surface area contributed by atoms with Crippen LogP contribution in [-0.4, -0.2) is 48.2 Å². The molecule has 0 bridgehead atoms. The number of hydrogen-bond donors (Lipinski definition) is 2. The summed E-state index contributed by atoms with van der Waals surface area (Å²) in [6.07, 6.45) is 4.45. The van der Waals surface area contributed by atoms with Crippen molar-refractivity contribution in [1.82, 2.24) is 14.6 Å². The standard InChI is InChI=1S/C23H26ClN5O3S/c1-16-21(23(30)26-28-14-6-3-7-15-28)25-22(19-8-4-5-9-20(19)24)29(16)18-12-10-17(11-13-18)27-33(2,31)32/h4-5,8-13,27H,3,6-7,14-15H2,1-2H3,(H,26,30)/p+1. The van der Waals surface area contributed by atoms with Crippen molar-refractivity contribution in [3.63, 3.8) is 0 Å². The number of sulfonamides is 1. The van der Waals surface area contributed by atoms with Crippen molar-refractivity contribution in [3.8, 4) is 17.1 Å². The lowest BCUT2D eigenvalue weighted by atomic mass is 10.2. The molecule has 33 heavy (non-hydrogen) atoms. The van der Waals surface area contributed by atoms with E-state index in [0.29, 0.717) is 33.5 Å². The number of imidazole rings is 1. The Hall–Kier alpha value is -2.72. The first kappa shape index (κ1) is 23.4. The summed E-state index contributed by atoms with van der Waals surface area (Å²) in [6.45, 7) is 3.60. The van der Waals surface area contributed by atoms with Crippen LogP contribution in [0.3, 0.4) is 0 Å². The molecule has 1 saturated heterocycles. The summed E-state index contributed by atoms with van der Waals surface area (Å²) in [6, 6.07) is 14.3. The molecule has 174 valence electrons. The van der Waals surface area contributed by atoms with Gasteiger partial charge < -0.3 is 0 Å². The Balaban J connectivity index is 1.76. The molecule has 0 saturated carbocycles. The molecule has 0 radical (unpaired) electrons. The Morgan fingerprint density at radius 3 is 2.36 bits per heavy atom. The highest BCUT2D eigenvalue weighted by Crippen LogP contribution is 2.31. The zero-order valence-electron chi connectivity index (χ0n) is 18.6. The largest absolute Gasteiger partial charge is 0.382 e. The van der Waals surface area contributed by atoms with Crippen molar-refractivity contribution in [3.05, 3.63) is 64.9 Å². The number of carbonyl (C=O) groups excluding carboxylic acids is 1. The lowest BCUT2D eigenvalue weighted by Gasteiger charge is -2.21. The van der Waals surface area contributed by atoms with E-state index in [1.54, 1.807) is 35.8 Å².